The average Bonchev–Trinajstić information content (AvgIpc) is 2.25. The van der Waals surface area contributed by atoms with E-state index in [0.717, 1.165) is 19.3 Å². The van der Waals surface area contributed by atoms with E-state index < -0.39 is 5.97 Å². The standard InChI is InChI=1S/C13H22O2/c1-2-3-4-5-8-11-9-6-7-10-12(11)13(14)15/h6,9,11-12H,2-5,7-8,10H2,1H3,(H,14,15). The molecule has 2 unspecified atom stereocenters. The van der Waals surface area contributed by atoms with Gasteiger partial charge in [0.25, 0.3) is 0 Å². The van der Waals surface area contributed by atoms with E-state index in [2.05, 4.69) is 19.1 Å². The number of unbranched alkanes of at least 4 members (excludes halogenated alkanes) is 3. The van der Waals surface area contributed by atoms with Crippen LogP contribution in [0, 0.1) is 11.8 Å². The summed E-state index contributed by atoms with van der Waals surface area (Å²) in [6, 6.07) is 0. The number of hydrogen-bond donors (Lipinski definition) is 1. The first-order chi connectivity index (χ1) is 7.25. The van der Waals surface area contributed by atoms with Crippen LogP contribution in [0.2, 0.25) is 0 Å². The molecule has 2 atom stereocenters. The summed E-state index contributed by atoms with van der Waals surface area (Å²) in [7, 11) is 0. The molecule has 0 radical (unpaired) electrons. The minimum atomic E-state index is -0.611. The molecular weight excluding hydrogens is 188 g/mol. The summed E-state index contributed by atoms with van der Waals surface area (Å²) < 4.78 is 0. The molecule has 1 rings (SSSR count). The van der Waals surface area contributed by atoms with E-state index in [1.54, 1.807) is 0 Å². The molecule has 0 spiro atoms. The minimum Gasteiger partial charge on any atom is -0.481 e. The van der Waals surface area contributed by atoms with Crippen LogP contribution in [0.25, 0.3) is 0 Å². The van der Waals surface area contributed by atoms with Crippen molar-refractivity contribution in [3.8, 4) is 0 Å². The van der Waals surface area contributed by atoms with Crippen molar-refractivity contribution in [3.05, 3.63) is 12.2 Å². The van der Waals surface area contributed by atoms with E-state index in [-0.39, 0.29) is 11.8 Å². The highest BCUT2D eigenvalue weighted by Gasteiger charge is 2.27. The Morgan fingerprint density at radius 1 is 1.40 bits per heavy atom. The average molecular weight is 210 g/mol. The molecule has 1 N–H and O–H groups in total. The molecule has 0 fully saturated rings. The van der Waals surface area contributed by atoms with Crippen LogP contribution in [0.15, 0.2) is 12.2 Å². The maximum absolute atomic E-state index is 11.0. The molecule has 0 aromatic carbocycles. The highest BCUT2D eigenvalue weighted by atomic mass is 16.4. The van der Waals surface area contributed by atoms with Crippen LogP contribution in [-0.2, 0) is 4.79 Å². The summed E-state index contributed by atoms with van der Waals surface area (Å²) in [5.41, 5.74) is 0. The lowest BCUT2D eigenvalue weighted by Crippen LogP contribution is -2.24. The lowest BCUT2D eigenvalue weighted by Gasteiger charge is -2.24. The third-order valence-electron chi connectivity index (χ3n) is 3.25. The first kappa shape index (κ1) is 12.3. The van der Waals surface area contributed by atoms with Crippen molar-refractivity contribution in [2.45, 2.75) is 51.9 Å². The van der Waals surface area contributed by atoms with Gasteiger partial charge in [0.2, 0.25) is 0 Å². The fourth-order valence-corrected chi connectivity index (χ4v) is 2.31. The van der Waals surface area contributed by atoms with E-state index in [1.807, 2.05) is 0 Å². The van der Waals surface area contributed by atoms with Crippen LogP contribution in [0.3, 0.4) is 0 Å². The van der Waals surface area contributed by atoms with Crippen molar-refractivity contribution in [2.24, 2.45) is 11.8 Å². The summed E-state index contributed by atoms with van der Waals surface area (Å²) in [5.74, 6) is -0.454. The topological polar surface area (TPSA) is 37.3 Å². The van der Waals surface area contributed by atoms with Crippen molar-refractivity contribution in [2.75, 3.05) is 0 Å². The number of aliphatic carboxylic acids is 1. The van der Waals surface area contributed by atoms with Crippen LogP contribution in [0.4, 0.5) is 0 Å². The first-order valence-electron chi connectivity index (χ1n) is 6.15. The minimum absolute atomic E-state index is 0.128. The van der Waals surface area contributed by atoms with Gasteiger partial charge in [-0.1, -0.05) is 44.8 Å². The molecule has 1 aliphatic rings. The largest absolute Gasteiger partial charge is 0.481 e. The Balaban J connectivity index is 2.33. The molecule has 2 heteroatoms. The van der Waals surface area contributed by atoms with E-state index in [1.165, 1.54) is 25.7 Å². The van der Waals surface area contributed by atoms with Gasteiger partial charge < -0.3 is 5.11 Å². The molecule has 0 aromatic rings. The monoisotopic (exact) mass is 210 g/mol. The molecule has 0 saturated heterocycles. The van der Waals surface area contributed by atoms with Crippen LogP contribution in [0.5, 0.6) is 0 Å². The Bertz CT molecular complexity index is 221. The van der Waals surface area contributed by atoms with Crippen molar-refractivity contribution >= 4 is 5.97 Å². The Labute approximate surface area is 92.4 Å². The maximum atomic E-state index is 11.0. The van der Waals surface area contributed by atoms with Gasteiger partial charge in [0.05, 0.1) is 5.92 Å². The quantitative estimate of drug-likeness (QED) is 0.537. The second kappa shape index (κ2) is 6.65. The van der Waals surface area contributed by atoms with Gasteiger partial charge in [-0.3, -0.25) is 4.79 Å². The first-order valence-corrected chi connectivity index (χ1v) is 6.15. The fraction of sp³-hybridized carbons (Fsp3) is 0.769. The molecule has 0 bridgehead atoms. The second-order valence-corrected chi connectivity index (χ2v) is 4.46. The third kappa shape index (κ3) is 4.06. The van der Waals surface area contributed by atoms with Gasteiger partial charge in [0.1, 0.15) is 0 Å². The van der Waals surface area contributed by atoms with Crippen LogP contribution >= 0.6 is 0 Å². The highest BCUT2D eigenvalue weighted by Crippen LogP contribution is 2.29. The van der Waals surface area contributed by atoms with Gasteiger partial charge in [-0.05, 0) is 25.2 Å². The third-order valence-corrected chi connectivity index (χ3v) is 3.25. The Morgan fingerprint density at radius 3 is 2.87 bits per heavy atom. The Morgan fingerprint density at radius 2 is 2.20 bits per heavy atom. The highest BCUT2D eigenvalue weighted by molar-refractivity contribution is 5.70. The number of rotatable bonds is 6. The maximum Gasteiger partial charge on any atom is 0.307 e. The number of carbonyl (C=O) groups is 1. The Hall–Kier alpha value is -0.790. The van der Waals surface area contributed by atoms with Crippen LogP contribution in [0.1, 0.15) is 51.9 Å². The Kier molecular flexibility index (Phi) is 5.44. The molecule has 0 saturated carbocycles. The molecule has 0 amide bonds. The fourth-order valence-electron chi connectivity index (χ4n) is 2.31. The normalized spacial score (nSPS) is 25.4. The molecular formula is C13H22O2. The van der Waals surface area contributed by atoms with Gasteiger partial charge in [0, 0.05) is 0 Å². The second-order valence-electron chi connectivity index (χ2n) is 4.46. The molecule has 2 nitrogen and oxygen atoms in total. The number of hydrogen-bond acceptors (Lipinski definition) is 1. The zero-order valence-corrected chi connectivity index (χ0v) is 9.61. The van der Waals surface area contributed by atoms with E-state index in [9.17, 15) is 4.79 Å². The molecule has 0 aliphatic heterocycles. The van der Waals surface area contributed by atoms with Crippen LogP contribution in [-0.4, -0.2) is 11.1 Å². The summed E-state index contributed by atoms with van der Waals surface area (Å²) in [6.45, 7) is 2.20. The molecule has 0 aromatic heterocycles. The lowest BCUT2D eigenvalue weighted by atomic mass is 9.81. The van der Waals surface area contributed by atoms with Gasteiger partial charge in [-0.25, -0.2) is 0 Å². The van der Waals surface area contributed by atoms with Crippen molar-refractivity contribution in [1.29, 1.82) is 0 Å². The SMILES string of the molecule is CCCCCCC1C=CCCC1C(=O)O. The smallest absolute Gasteiger partial charge is 0.307 e. The zero-order chi connectivity index (χ0) is 11.1. The zero-order valence-electron chi connectivity index (χ0n) is 9.61. The van der Waals surface area contributed by atoms with Gasteiger partial charge in [-0.2, -0.15) is 0 Å². The van der Waals surface area contributed by atoms with Crippen molar-refractivity contribution in [3.63, 3.8) is 0 Å². The number of carboxylic acid groups (broad SMARTS) is 1. The molecule has 0 heterocycles. The van der Waals surface area contributed by atoms with E-state index in [0.29, 0.717) is 0 Å². The van der Waals surface area contributed by atoms with Crippen molar-refractivity contribution in [1.82, 2.24) is 0 Å². The van der Waals surface area contributed by atoms with Crippen molar-refractivity contribution < 1.29 is 9.90 Å². The number of carboxylic acids is 1. The summed E-state index contributed by atoms with van der Waals surface area (Å²) in [4.78, 5) is 11.0. The summed E-state index contributed by atoms with van der Waals surface area (Å²) in [6.07, 6.45) is 12.0. The predicted octanol–water partition coefficient (Wildman–Crippen LogP) is 3.62. The predicted molar refractivity (Wildman–Crippen MR) is 61.7 cm³/mol. The van der Waals surface area contributed by atoms with Gasteiger partial charge in [0.15, 0.2) is 0 Å². The number of allylic oxidation sites excluding steroid dienone is 2. The van der Waals surface area contributed by atoms with E-state index >= 15 is 0 Å². The molecule has 86 valence electrons. The molecule has 1 aliphatic carbocycles. The lowest BCUT2D eigenvalue weighted by molar-refractivity contribution is -0.143. The summed E-state index contributed by atoms with van der Waals surface area (Å²) >= 11 is 0. The summed E-state index contributed by atoms with van der Waals surface area (Å²) in [5, 5.41) is 9.08. The van der Waals surface area contributed by atoms with E-state index in [4.69, 9.17) is 5.11 Å². The molecule has 15 heavy (non-hydrogen) atoms. The van der Waals surface area contributed by atoms with Gasteiger partial charge in [-0.15, -0.1) is 0 Å². The van der Waals surface area contributed by atoms with Crippen LogP contribution < -0.4 is 0 Å². The van der Waals surface area contributed by atoms with Gasteiger partial charge >= 0.3 is 5.97 Å².